The SMILES string of the molecule is O=C(O)C=CC(=O)NNC(=O)c1ccccc1. The molecule has 0 radical (unpaired) electrons. The highest BCUT2D eigenvalue weighted by molar-refractivity contribution is 5.98. The normalized spacial score (nSPS) is 9.88. The van der Waals surface area contributed by atoms with Crippen LogP contribution in [-0.4, -0.2) is 22.9 Å². The first-order chi connectivity index (χ1) is 8.09. The van der Waals surface area contributed by atoms with Gasteiger partial charge in [-0.25, -0.2) is 4.79 Å². The predicted octanol–water partition coefficient (Wildman–Crippen LogP) is 0.0884. The molecule has 17 heavy (non-hydrogen) atoms. The van der Waals surface area contributed by atoms with E-state index in [1.807, 2.05) is 5.43 Å². The van der Waals surface area contributed by atoms with E-state index in [1.165, 1.54) is 0 Å². The van der Waals surface area contributed by atoms with Crippen molar-refractivity contribution < 1.29 is 19.5 Å². The Morgan fingerprint density at radius 3 is 2.24 bits per heavy atom. The zero-order valence-electron chi connectivity index (χ0n) is 8.71. The lowest BCUT2D eigenvalue weighted by atomic mass is 10.2. The maximum absolute atomic E-state index is 11.4. The number of amides is 2. The number of rotatable bonds is 3. The number of benzene rings is 1. The van der Waals surface area contributed by atoms with Gasteiger partial charge in [0.2, 0.25) is 0 Å². The molecule has 3 N–H and O–H groups in total. The van der Waals surface area contributed by atoms with Crippen LogP contribution in [0, 0.1) is 0 Å². The molecule has 1 aromatic carbocycles. The minimum absolute atomic E-state index is 0.384. The molecule has 0 saturated carbocycles. The quantitative estimate of drug-likeness (QED) is 0.510. The first-order valence-electron chi connectivity index (χ1n) is 4.66. The molecule has 0 aromatic heterocycles. The Bertz CT molecular complexity index is 454. The number of hydrogen-bond acceptors (Lipinski definition) is 3. The number of carboxylic acids is 1. The fourth-order valence-corrected chi connectivity index (χ4v) is 0.969. The van der Waals surface area contributed by atoms with Gasteiger partial charge in [0.25, 0.3) is 11.8 Å². The minimum Gasteiger partial charge on any atom is -0.478 e. The zero-order chi connectivity index (χ0) is 12.7. The second kappa shape index (κ2) is 6.06. The van der Waals surface area contributed by atoms with Crippen molar-refractivity contribution in [3.8, 4) is 0 Å². The molecule has 0 aliphatic heterocycles. The highest BCUT2D eigenvalue weighted by atomic mass is 16.4. The summed E-state index contributed by atoms with van der Waals surface area (Å²) in [6, 6.07) is 8.27. The molecule has 88 valence electrons. The molecular weight excluding hydrogens is 224 g/mol. The number of aliphatic carboxylic acids is 1. The van der Waals surface area contributed by atoms with Gasteiger partial charge in [0.15, 0.2) is 0 Å². The molecule has 0 saturated heterocycles. The van der Waals surface area contributed by atoms with Gasteiger partial charge in [-0.3, -0.25) is 20.4 Å². The van der Waals surface area contributed by atoms with Gasteiger partial charge in [-0.05, 0) is 12.1 Å². The van der Waals surface area contributed by atoms with Crippen molar-refractivity contribution in [1.29, 1.82) is 0 Å². The number of hydrogen-bond donors (Lipinski definition) is 3. The van der Waals surface area contributed by atoms with Gasteiger partial charge in [-0.1, -0.05) is 18.2 Å². The van der Waals surface area contributed by atoms with E-state index in [1.54, 1.807) is 30.3 Å². The van der Waals surface area contributed by atoms with Gasteiger partial charge < -0.3 is 5.11 Å². The van der Waals surface area contributed by atoms with Crippen molar-refractivity contribution in [1.82, 2.24) is 10.9 Å². The molecule has 0 bridgehead atoms. The molecule has 0 fully saturated rings. The van der Waals surface area contributed by atoms with Crippen molar-refractivity contribution in [2.24, 2.45) is 0 Å². The molecule has 6 nitrogen and oxygen atoms in total. The van der Waals surface area contributed by atoms with Crippen LogP contribution in [-0.2, 0) is 9.59 Å². The van der Waals surface area contributed by atoms with Crippen LogP contribution in [0.3, 0.4) is 0 Å². The van der Waals surface area contributed by atoms with E-state index in [0.717, 1.165) is 6.08 Å². The number of carboxylic acid groups (broad SMARTS) is 1. The van der Waals surface area contributed by atoms with Crippen LogP contribution < -0.4 is 10.9 Å². The molecule has 0 spiro atoms. The minimum atomic E-state index is -1.24. The first-order valence-corrected chi connectivity index (χ1v) is 4.66. The number of nitrogens with one attached hydrogen (secondary N) is 2. The van der Waals surface area contributed by atoms with Gasteiger partial charge >= 0.3 is 5.97 Å². The molecule has 0 atom stereocenters. The molecule has 0 unspecified atom stereocenters. The summed E-state index contributed by atoms with van der Waals surface area (Å²) in [6.45, 7) is 0. The Hall–Kier alpha value is -2.63. The third kappa shape index (κ3) is 4.61. The lowest BCUT2D eigenvalue weighted by Crippen LogP contribution is -2.40. The average Bonchev–Trinajstić information content (AvgIpc) is 2.34. The molecular formula is C11H10N2O4. The Morgan fingerprint density at radius 1 is 1.00 bits per heavy atom. The van der Waals surface area contributed by atoms with Crippen molar-refractivity contribution in [2.45, 2.75) is 0 Å². The van der Waals surface area contributed by atoms with Crippen molar-refractivity contribution >= 4 is 17.8 Å². The molecule has 2 amide bonds. The third-order valence-corrected chi connectivity index (χ3v) is 1.71. The van der Waals surface area contributed by atoms with E-state index in [9.17, 15) is 14.4 Å². The molecule has 1 rings (SSSR count). The Balaban J connectivity index is 2.44. The molecule has 1 aromatic rings. The second-order valence-corrected chi connectivity index (χ2v) is 2.98. The molecule has 6 heteroatoms. The smallest absolute Gasteiger partial charge is 0.328 e. The van der Waals surface area contributed by atoms with Crippen LogP contribution in [0.25, 0.3) is 0 Å². The standard InChI is InChI=1S/C11H10N2O4/c14-9(6-7-10(15)16)12-13-11(17)8-4-2-1-3-5-8/h1-7H,(H,12,14)(H,13,17)(H,15,16). The summed E-state index contributed by atoms with van der Waals surface area (Å²) in [5.74, 6) is -2.45. The summed E-state index contributed by atoms with van der Waals surface area (Å²) in [7, 11) is 0. The lowest BCUT2D eigenvalue weighted by molar-refractivity contribution is -0.131. The highest BCUT2D eigenvalue weighted by Crippen LogP contribution is 1.96. The largest absolute Gasteiger partial charge is 0.478 e. The van der Waals surface area contributed by atoms with Gasteiger partial charge in [0.1, 0.15) is 0 Å². The van der Waals surface area contributed by atoms with Gasteiger partial charge in [0, 0.05) is 17.7 Å². The first kappa shape index (κ1) is 12.4. The molecule has 0 aliphatic rings. The monoisotopic (exact) mass is 234 g/mol. The maximum Gasteiger partial charge on any atom is 0.328 e. The van der Waals surface area contributed by atoms with Crippen molar-refractivity contribution in [3.63, 3.8) is 0 Å². The fraction of sp³-hybridized carbons (Fsp3) is 0. The van der Waals surface area contributed by atoms with E-state index in [0.29, 0.717) is 11.6 Å². The van der Waals surface area contributed by atoms with Crippen LogP contribution >= 0.6 is 0 Å². The van der Waals surface area contributed by atoms with Crippen LogP contribution in [0.5, 0.6) is 0 Å². The number of carbonyl (C=O) groups excluding carboxylic acids is 2. The van der Waals surface area contributed by atoms with E-state index in [4.69, 9.17) is 5.11 Å². The van der Waals surface area contributed by atoms with E-state index in [-0.39, 0.29) is 0 Å². The summed E-state index contributed by atoms with van der Waals surface area (Å²) in [6.07, 6.45) is 1.47. The van der Waals surface area contributed by atoms with Crippen LogP contribution in [0.2, 0.25) is 0 Å². The van der Waals surface area contributed by atoms with Crippen LogP contribution in [0.4, 0.5) is 0 Å². The number of carbonyl (C=O) groups is 3. The number of hydrazine groups is 1. The average molecular weight is 234 g/mol. The van der Waals surface area contributed by atoms with Crippen LogP contribution in [0.15, 0.2) is 42.5 Å². The second-order valence-electron chi connectivity index (χ2n) is 2.98. The van der Waals surface area contributed by atoms with Crippen LogP contribution in [0.1, 0.15) is 10.4 Å². The van der Waals surface area contributed by atoms with Crippen molar-refractivity contribution in [3.05, 3.63) is 48.0 Å². The van der Waals surface area contributed by atoms with E-state index < -0.39 is 17.8 Å². The summed E-state index contributed by atoms with van der Waals surface area (Å²) in [5, 5.41) is 8.26. The van der Waals surface area contributed by atoms with Gasteiger partial charge in [-0.15, -0.1) is 0 Å². The predicted molar refractivity (Wildman–Crippen MR) is 58.8 cm³/mol. The Morgan fingerprint density at radius 2 is 1.65 bits per heavy atom. The Labute approximate surface area is 96.9 Å². The summed E-state index contributed by atoms with van der Waals surface area (Å²) < 4.78 is 0. The summed E-state index contributed by atoms with van der Waals surface area (Å²) >= 11 is 0. The van der Waals surface area contributed by atoms with E-state index in [2.05, 4.69) is 5.43 Å². The van der Waals surface area contributed by atoms with Gasteiger partial charge in [0.05, 0.1) is 0 Å². The molecule has 0 aliphatic carbocycles. The highest BCUT2D eigenvalue weighted by Gasteiger charge is 2.04. The zero-order valence-corrected chi connectivity index (χ0v) is 8.71. The fourth-order valence-electron chi connectivity index (χ4n) is 0.969. The summed E-state index contributed by atoms with van der Waals surface area (Å²) in [5.41, 5.74) is 4.57. The lowest BCUT2D eigenvalue weighted by Gasteiger charge is -2.04. The topological polar surface area (TPSA) is 95.5 Å². The maximum atomic E-state index is 11.4. The van der Waals surface area contributed by atoms with E-state index >= 15 is 0 Å². The van der Waals surface area contributed by atoms with Crippen molar-refractivity contribution in [2.75, 3.05) is 0 Å². The summed E-state index contributed by atoms with van der Waals surface area (Å²) in [4.78, 5) is 32.5. The van der Waals surface area contributed by atoms with Gasteiger partial charge in [-0.2, -0.15) is 0 Å². The third-order valence-electron chi connectivity index (χ3n) is 1.71. The Kier molecular flexibility index (Phi) is 4.44. The molecule has 0 heterocycles.